The summed E-state index contributed by atoms with van der Waals surface area (Å²) in [5, 5.41) is 3.06. The SMILES string of the molecule is CC1=C(c2ccccc2)C(C(=O)Nc2ccc(C)cc2)CC1. The first-order valence-electron chi connectivity index (χ1n) is 7.78. The van der Waals surface area contributed by atoms with E-state index in [0.29, 0.717) is 0 Å². The lowest BCUT2D eigenvalue weighted by Gasteiger charge is -2.16. The summed E-state index contributed by atoms with van der Waals surface area (Å²) in [6.45, 7) is 4.18. The van der Waals surface area contributed by atoms with E-state index in [1.807, 2.05) is 49.4 Å². The third-order valence-corrected chi connectivity index (χ3v) is 4.34. The molecule has 1 aliphatic rings. The Bertz CT molecular complexity index is 698. The van der Waals surface area contributed by atoms with Crippen LogP contribution in [0, 0.1) is 12.8 Å². The largest absolute Gasteiger partial charge is 0.326 e. The van der Waals surface area contributed by atoms with Crippen LogP contribution in [0.5, 0.6) is 0 Å². The molecule has 0 fully saturated rings. The molecule has 1 atom stereocenters. The highest BCUT2D eigenvalue weighted by atomic mass is 16.1. The highest BCUT2D eigenvalue weighted by molar-refractivity contribution is 6.01. The molecule has 2 aromatic carbocycles. The van der Waals surface area contributed by atoms with Gasteiger partial charge in [0.15, 0.2) is 0 Å². The first-order valence-corrected chi connectivity index (χ1v) is 7.78. The lowest BCUT2D eigenvalue weighted by Crippen LogP contribution is -2.22. The van der Waals surface area contributed by atoms with Gasteiger partial charge in [0.2, 0.25) is 5.91 Å². The summed E-state index contributed by atoms with van der Waals surface area (Å²) in [5.74, 6) is 0.0447. The number of amides is 1. The summed E-state index contributed by atoms with van der Waals surface area (Å²) in [4.78, 5) is 12.7. The fraction of sp³-hybridized carbons (Fsp3) is 0.250. The van der Waals surface area contributed by atoms with Gasteiger partial charge in [-0.25, -0.2) is 0 Å². The Kier molecular flexibility index (Phi) is 4.10. The highest BCUT2D eigenvalue weighted by Gasteiger charge is 2.30. The monoisotopic (exact) mass is 291 g/mol. The van der Waals surface area contributed by atoms with Crippen molar-refractivity contribution < 1.29 is 4.79 Å². The third-order valence-electron chi connectivity index (χ3n) is 4.34. The maximum atomic E-state index is 12.7. The van der Waals surface area contributed by atoms with Gasteiger partial charge in [0.1, 0.15) is 0 Å². The van der Waals surface area contributed by atoms with E-state index in [9.17, 15) is 4.79 Å². The average molecular weight is 291 g/mol. The molecular weight excluding hydrogens is 270 g/mol. The van der Waals surface area contributed by atoms with Crippen molar-refractivity contribution in [3.8, 4) is 0 Å². The topological polar surface area (TPSA) is 29.1 Å². The van der Waals surface area contributed by atoms with Crippen LogP contribution in [0.1, 0.15) is 30.9 Å². The Morgan fingerprint density at radius 2 is 1.68 bits per heavy atom. The zero-order valence-corrected chi connectivity index (χ0v) is 13.1. The maximum absolute atomic E-state index is 12.7. The summed E-state index contributed by atoms with van der Waals surface area (Å²) in [5.41, 5.74) is 5.76. The third kappa shape index (κ3) is 2.96. The van der Waals surface area contributed by atoms with Crippen LogP contribution in [0.15, 0.2) is 60.2 Å². The molecule has 0 heterocycles. The van der Waals surface area contributed by atoms with E-state index in [0.717, 1.165) is 18.5 Å². The second kappa shape index (κ2) is 6.18. The van der Waals surface area contributed by atoms with Gasteiger partial charge in [-0.2, -0.15) is 0 Å². The number of rotatable bonds is 3. The Morgan fingerprint density at radius 3 is 2.36 bits per heavy atom. The molecule has 0 saturated carbocycles. The zero-order valence-electron chi connectivity index (χ0n) is 13.1. The van der Waals surface area contributed by atoms with E-state index in [1.165, 1.54) is 22.3 Å². The number of carbonyl (C=O) groups excluding carboxylic acids is 1. The van der Waals surface area contributed by atoms with Gasteiger partial charge in [0, 0.05) is 5.69 Å². The number of anilines is 1. The molecule has 0 bridgehead atoms. The standard InChI is InChI=1S/C20H21NO/c1-14-8-11-17(12-9-14)21-20(22)18-13-10-15(2)19(18)16-6-4-3-5-7-16/h3-9,11-12,18H,10,13H2,1-2H3,(H,21,22). The minimum absolute atomic E-state index is 0.0521. The Labute approximate surface area is 131 Å². The van der Waals surface area contributed by atoms with Gasteiger partial charge in [-0.05, 0) is 50.0 Å². The minimum atomic E-state index is -0.0521. The number of aryl methyl sites for hydroxylation is 1. The first kappa shape index (κ1) is 14.6. The molecule has 2 heteroatoms. The number of nitrogens with one attached hydrogen (secondary N) is 1. The molecule has 1 unspecified atom stereocenters. The molecule has 0 saturated heterocycles. The molecule has 0 radical (unpaired) electrons. The molecule has 22 heavy (non-hydrogen) atoms. The molecule has 3 rings (SSSR count). The van der Waals surface area contributed by atoms with Gasteiger partial charge >= 0.3 is 0 Å². The van der Waals surface area contributed by atoms with Crippen molar-refractivity contribution in [1.82, 2.24) is 0 Å². The number of hydrogen-bond acceptors (Lipinski definition) is 1. The van der Waals surface area contributed by atoms with Crippen molar-refractivity contribution in [2.75, 3.05) is 5.32 Å². The summed E-state index contributed by atoms with van der Waals surface area (Å²) in [7, 11) is 0. The maximum Gasteiger partial charge on any atom is 0.231 e. The fourth-order valence-electron chi connectivity index (χ4n) is 3.13. The van der Waals surface area contributed by atoms with Crippen LogP contribution >= 0.6 is 0 Å². The van der Waals surface area contributed by atoms with E-state index < -0.39 is 0 Å². The minimum Gasteiger partial charge on any atom is -0.326 e. The van der Waals surface area contributed by atoms with Crippen LogP contribution in [0.2, 0.25) is 0 Å². The quantitative estimate of drug-likeness (QED) is 0.863. The second-order valence-corrected chi connectivity index (χ2v) is 6.01. The van der Waals surface area contributed by atoms with Crippen molar-refractivity contribution in [3.63, 3.8) is 0 Å². The van der Waals surface area contributed by atoms with E-state index >= 15 is 0 Å². The second-order valence-electron chi connectivity index (χ2n) is 6.01. The molecule has 0 aliphatic heterocycles. The van der Waals surface area contributed by atoms with Crippen LogP contribution in [0.25, 0.3) is 5.57 Å². The number of hydrogen-bond donors (Lipinski definition) is 1. The molecule has 2 nitrogen and oxygen atoms in total. The molecule has 1 aliphatic carbocycles. The zero-order chi connectivity index (χ0) is 15.5. The Hall–Kier alpha value is -2.35. The molecular formula is C20H21NO. The van der Waals surface area contributed by atoms with E-state index in [2.05, 4.69) is 24.4 Å². The summed E-state index contributed by atoms with van der Waals surface area (Å²) < 4.78 is 0. The normalized spacial score (nSPS) is 17.6. The lowest BCUT2D eigenvalue weighted by atomic mass is 9.93. The van der Waals surface area contributed by atoms with Gasteiger partial charge in [0.25, 0.3) is 0 Å². The van der Waals surface area contributed by atoms with Gasteiger partial charge in [0.05, 0.1) is 5.92 Å². The van der Waals surface area contributed by atoms with Crippen LogP contribution in [0.4, 0.5) is 5.69 Å². The van der Waals surface area contributed by atoms with Crippen LogP contribution in [-0.4, -0.2) is 5.91 Å². The van der Waals surface area contributed by atoms with Gasteiger partial charge in [-0.3, -0.25) is 4.79 Å². The Balaban J connectivity index is 1.82. The molecule has 0 spiro atoms. The van der Waals surface area contributed by atoms with Gasteiger partial charge in [-0.15, -0.1) is 0 Å². The molecule has 0 aromatic heterocycles. The summed E-state index contributed by atoms with van der Waals surface area (Å²) in [6.07, 6.45) is 1.89. The average Bonchev–Trinajstić information content (AvgIpc) is 2.92. The first-order chi connectivity index (χ1) is 10.6. The highest BCUT2D eigenvalue weighted by Crippen LogP contribution is 2.39. The van der Waals surface area contributed by atoms with E-state index in [-0.39, 0.29) is 11.8 Å². The summed E-state index contributed by atoms with van der Waals surface area (Å²) >= 11 is 0. The van der Waals surface area contributed by atoms with Crippen molar-refractivity contribution in [2.24, 2.45) is 5.92 Å². The van der Waals surface area contributed by atoms with Crippen LogP contribution in [-0.2, 0) is 4.79 Å². The number of carbonyl (C=O) groups is 1. The molecule has 2 aromatic rings. The van der Waals surface area contributed by atoms with Crippen molar-refractivity contribution in [1.29, 1.82) is 0 Å². The van der Waals surface area contributed by atoms with Crippen molar-refractivity contribution in [3.05, 3.63) is 71.3 Å². The molecule has 1 amide bonds. The van der Waals surface area contributed by atoms with Crippen molar-refractivity contribution in [2.45, 2.75) is 26.7 Å². The van der Waals surface area contributed by atoms with E-state index in [1.54, 1.807) is 0 Å². The molecule has 1 N–H and O–H groups in total. The van der Waals surface area contributed by atoms with Gasteiger partial charge < -0.3 is 5.32 Å². The van der Waals surface area contributed by atoms with E-state index in [4.69, 9.17) is 0 Å². The van der Waals surface area contributed by atoms with Gasteiger partial charge in [-0.1, -0.05) is 53.6 Å². The predicted molar refractivity (Wildman–Crippen MR) is 91.6 cm³/mol. The van der Waals surface area contributed by atoms with Crippen LogP contribution in [0.3, 0.4) is 0 Å². The smallest absolute Gasteiger partial charge is 0.231 e. The summed E-state index contributed by atoms with van der Waals surface area (Å²) in [6, 6.07) is 18.2. The number of benzene rings is 2. The van der Waals surface area contributed by atoms with Crippen molar-refractivity contribution >= 4 is 17.2 Å². The fourth-order valence-corrected chi connectivity index (χ4v) is 3.13. The van der Waals surface area contributed by atoms with Crippen LogP contribution < -0.4 is 5.32 Å². The Morgan fingerprint density at radius 1 is 1.00 bits per heavy atom. The predicted octanol–water partition coefficient (Wildman–Crippen LogP) is 4.82. The number of allylic oxidation sites excluding steroid dienone is 1. The molecule has 112 valence electrons. The lowest BCUT2D eigenvalue weighted by molar-refractivity contribution is -0.118.